The molecule has 0 saturated carbocycles. The summed E-state index contributed by atoms with van der Waals surface area (Å²) in [6.07, 6.45) is 1.05. The predicted octanol–water partition coefficient (Wildman–Crippen LogP) is 4.84. The fraction of sp³-hybridized carbons (Fsp3) is 0.118. The van der Waals surface area contributed by atoms with Crippen LogP contribution in [-0.2, 0) is 0 Å². The molecule has 1 heterocycles. The summed E-state index contributed by atoms with van der Waals surface area (Å²) in [5.74, 6) is 1.41. The second kappa shape index (κ2) is 5.84. The molecule has 0 saturated heterocycles. The first-order valence-electron chi connectivity index (χ1n) is 6.63. The van der Waals surface area contributed by atoms with Crippen molar-refractivity contribution in [2.45, 2.75) is 13.0 Å². The van der Waals surface area contributed by atoms with Crippen LogP contribution >= 0.6 is 15.9 Å². The number of halogens is 1. The molecule has 0 radical (unpaired) electrons. The van der Waals surface area contributed by atoms with Crippen molar-refractivity contribution in [2.75, 3.05) is 0 Å². The number of ether oxygens (including phenoxy) is 1. The lowest BCUT2D eigenvalue weighted by Gasteiger charge is -2.08. The maximum Gasteiger partial charge on any atom is 0.145 e. The SMILES string of the molecule is C[C@H](O)c1ccc(Oc2ccc3cc(Br)ccc3c2)cn1. The van der Waals surface area contributed by atoms with Crippen LogP contribution in [-0.4, -0.2) is 10.1 Å². The first-order valence-corrected chi connectivity index (χ1v) is 7.42. The number of aromatic nitrogens is 1. The Morgan fingerprint density at radius 1 is 1.00 bits per heavy atom. The number of aliphatic hydroxyl groups is 1. The van der Waals surface area contributed by atoms with Gasteiger partial charge in [0.1, 0.15) is 11.5 Å². The first kappa shape index (κ1) is 14.0. The highest BCUT2D eigenvalue weighted by atomic mass is 79.9. The summed E-state index contributed by atoms with van der Waals surface area (Å²) in [5.41, 5.74) is 0.630. The van der Waals surface area contributed by atoms with Gasteiger partial charge >= 0.3 is 0 Å². The molecule has 0 fully saturated rings. The molecule has 2 aromatic carbocycles. The Morgan fingerprint density at radius 3 is 2.43 bits per heavy atom. The lowest BCUT2D eigenvalue weighted by Crippen LogP contribution is -1.95. The molecule has 3 rings (SSSR count). The number of hydrogen-bond donors (Lipinski definition) is 1. The average molecular weight is 344 g/mol. The third kappa shape index (κ3) is 3.23. The molecule has 1 atom stereocenters. The Kier molecular flexibility index (Phi) is 3.90. The quantitative estimate of drug-likeness (QED) is 0.739. The number of rotatable bonds is 3. The summed E-state index contributed by atoms with van der Waals surface area (Å²) in [7, 11) is 0. The van der Waals surface area contributed by atoms with Crippen molar-refractivity contribution >= 4 is 26.7 Å². The molecule has 106 valence electrons. The van der Waals surface area contributed by atoms with Crippen LogP contribution in [0.3, 0.4) is 0 Å². The van der Waals surface area contributed by atoms with Gasteiger partial charge in [-0.3, -0.25) is 4.98 Å². The van der Waals surface area contributed by atoms with E-state index < -0.39 is 6.10 Å². The zero-order valence-corrected chi connectivity index (χ0v) is 13.0. The Morgan fingerprint density at radius 2 is 1.71 bits per heavy atom. The van der Waals surface area contributed by atoms with Gasteiger partial charge in [-0.05, 0) is 54.1 Å². The third-order valence-corrected chi connectivity index (χ3v) is 3.69. The molecule has 0 spiro atoms. The van der Waals surface area contributed by atoms with E-state index in [0.29, 0.717) is 11.4 Å². The average Bonchev–Trinajstić information content (AvgIpc) is 2.48. The lowest BCUT2D eigenvalue weighted by molar-refractivity contribution is 0.194. The molecule has 1 aromatic heterocycles. The molecule has 0 aliphatic heterocycles. The standard InChI is InChI=1S/C17H14BrNO2/c1-11(20)17-7-6-16(10-19-17)21-15-5-3-12-8-14(18)4-2-13(12)9-15/h2-11,20H,1H3/t11-/m0/s1. The van der Waals surface area contributed by atoms with Crippen LogP contribution in [0.5, 0.6) is 11.5 Å². The van der Waals surface area contributed by atoms with Gasteiger partial charge in [-0.2, -0.15) is 0 Å². The summed E-state index contributed by atoms with van der Waals surface area (Å²) in [4.78, 5) is 4.17. The second-order valence-electron chi connectivity index (χ2n) is 4.85. The molecule has 21 heavy (non-hydrogen) atoms. The molecular weight excluding hydrogens is 330 g/mol. The van der Waals surface area contributed by atoms with Gasteiger partial charge in [0.15, 0.2) is 0 Å². The van der Waals surface area contributed by atoms with Crippen LogP contribution in [0.2, 0.25) is 0 Å². The van der Waals surface area contributed by atoms with Crippen LogP contribution in [0.4, 0.5) is 0 Å². The van der Waals surface area contributed by atoms with Crippen LogP contribution in [0.25, 0.3) is 10.8 Å². The fourth-order valence-electron chi connectivity index (χ4n) is 2.09. The molecule has 0 aliphatic rings. The van der Waals surface area contributed by atoms with Crippen molar-refractivity contribution in [3.8, 4) is 11.5 Å². The van der Waals surface area contributed by atoms with Crippen molar-refractivity contribution in [1.29, 1.82) is 0 Å². The lowest BCUT2D eigenvalue weighted by atomic mass is 10.1. The van der Waals surface area contributed by atoms with Crippen molar-refractivity contribution in [3.63, 3.8) is 0 Å². The smallest absolute Gasteiger partial charge is 0.145 e. The predicted molar refractivity (Wildman–Crippen MR) is 86.6 cm³/mol. The van der Waals surface area contributed by atoms with Crippen molar-refractivity contribution in [2.24, 2.45) is 0 Å². The zero-order valence-electron chi connectivity index (χ0n) is 11.5. The van der Waals surface area contributed by atoms with E-state index in [1.54, 1.807) is 25.3 Å². The van der Waals surface area contributed by atoms with Gasteiger partial charge < -0.3 is 9.84 Å². The number of hydrogen-bond acceptors (Lipinski definition) is 3. The van der Waals surface area contributed by atoms with E-state index in [2.05, 4.69) is 27.0 Å². The van der Waals surface area contributed by atoms with E-state index in [0.717, 1.165) is 21.0 Å². The second-order valence-corrected chi connectivity index (χ2v) is 5.77. The number of aliphatic hydroxyl groups excluding tert-OH is 1. The molecule has 3 aromatic rings. The van der Waals surface area contributed by atoms with Gasteiger partial charge in [-0.1, -0.05) is 28.1 Å². The topological polar surface area (TPSA) is 42.4 Å². The van der Waals surface area contributed by atoms with Crippen molar-refractivity contribution in [3.05, 3.63) is 64.9 Å². The molecule has 4 heteroatoms. The van der Waals surface area contributed by atoms with Crippen molar-refractivity contribution in [1.82, 2.24) is 4.98 Å². The van der Waals surface area contributed by atoms with Crippen LogP contribution in [0.1, 0.15) is 18.7 Å². The monoisotopic (exact) mass is 343 g/mol. The molecule has 0 unspecified atom stereocenters. The minimum atomic E-state index is -0.571. The summed E-state index contributed by atoms with van der Waals surface area (Å²) >= 11 is 3.46. The maximum absolute atomic E-state index is 9.44. The number of benzene rings is 2. The zero-order chi connectivity index (χ0) is 14.8. The Balaban J connectivity index is 1.85. The molecule has 3 nitrogen and oxygen atoms in total. The van der Waals surface area contributed by atoms with Gasteiger partial charge in [-0.15, -0.1) is 0 Å². The van der Waals surface area contributed by atoms with Gasteiger partial charge in [0.2, 0.25) is 0 Å². The van der Waals surface area contributed by atoms with E-state index in [1.807, 2.05) is 30.3 Å². The van der Waals surface area contributed by atoms with Gasteiger partial charge in [0.05, 0.1) is 18.0 Å². The molecule has 1 N–H and O–H groups in total. The number of fused-ring (bicyclic) bond motifs is 1. The number of pyridine rings is 1. The Labute approximate surface area is 131 Å². The van der Waals surface area contributed by atoms with E-state index in [-0.39, 0.29) is 0 Å². The van der Waals surface area contributed by atoms with Crippen LogP contribution < -0.4 is 4.74 Å². The summed E-state index contributed by atoms with van der Waals surface area (Å²) in [5, 5.41) is 11.7. The molecular formula is C17H14BrNO2. The minimum Gasteiger partial charge on any atom is -0.456 e. The highest BCUT2D eigenvalue weighted by Gasteiger charge is 2.04. The van der Waals surface area contributed by atoms with Gasteiger partial charge in [-0.25, -0.2) is 0 Å². The number of nitrogens with zero attached hydrogens (tertiary/aromatic N) is 1. The normalized spacial score (nSPS) is 12.3. The minimum absolute atomic E-state index is 0.571. The Hall–Kier alpha value is -1.91. The van der Waals surface area contributed by atoms with E-state index >= 15 is 0 Å². The summed E-state index contributed by atoms with van der Waals surface area (Å²) in [6, 6.07) is 15.6. The third-order valence-electron chi connectivity index (χ3n) is 3.20. The fourth-order valence-corrected chi connectivity index (χ4v) is 2.47. The van der Waals surface area contributed by atoms with E-state index in [4.69, 9.17) is 4.74 Å². The highest BCUT2D eigenvalue weighted by molar-refractivity contribution is 9.10. The molecule has 0 bridgehead atoms. The van der Waals surface area contributed by atoms with Gasteiger partial charge in [0.25, 0.3) is 0 Å². The first-order chi connectivity index (χ1) is 10.1. The van der Waals surface area contributed by atoms with Gasteiger partial charge in [0, 0.05) is 4.47 Å². The maximum atomic E-state index is 9.44. The summed E-state index contributed by atoms with van der Waals surface area (Å²) in [6.45, 7) is 1.68. The Bertz CT molecular complexity index is 769. The van der Waals surface area contributed by atoms with E-state index in [1.165, 1.54) is 0 Å². The van der Waals surface area contributed by atoms with Crippen LogP contribution in [0.15, 0.2) is 59.2 Å². The largest absolute Gasteiger partial charge is 0.456 e. The van der Waals surface area contributed by atoms with E-state index in [9.17, 15) is 5.11 Å². The highest BCUT2D eigenvalue weighted by Crippen LogP contribution is 2.27. The molecule has 0 aliphatic carbocycles. The molecule has 0 amide bonds. The van der Waals surface area contributed by atoms with Crippen molar-refractivity contribution < 1.29 is 9.84 Å². The van der Waals surface area contributed by atoms with Crippen LogP contribution in [0, 0.1) is 0 Å². The summed E-state index contributed by atoms with van der Waals surface area (Å²) < 4.78 is 6.85.